The van der Waals surface area contributed by atoms with Crippen molar-refractivity contribution in [3.05, 3.63) is 30.1 Å². The summed E-state index contributed by atoms with van der Waals surface area (Å²) in [6, 6.07) is 6.41. The zero-order valence-corrected chi connectivity index (χ0v) is 13.7. The Kier molecular flexibility index (Phi) is 7.62. The fourth-order valence-corrected chi connectivity index (χ4v) is 2.68. The summed E-state index contributed by atoms with van der Waals surface area (Å²) in [5.41, 5.74) is 5.98. The molecule has 124 valence electrons. The molecule has 0 unspecified atom stereocenters. The summed E-state index contributed by atoms with van der Waals surface area (Å²) < 4.78 is 18.7. The molecule has 0 radical (unpaired) electrons. The number of hydrogen-bond donors (Lipinski definition) is 1. The second kappa shape index (κ2) is 8.96. The van der Waals surface area contributed by atoms with Crippen molar-refractivity contribution < 1.29 is 13.9 Å². The van der Waals surface area contributed by atoms with E-state index in [1.165, 1.54) is 6.07 Å². The molecule has 0 heterocycles. The van der Waals surface area contributed by atoms with E-state index >= 15 is 0 Å². The highest BCUT2D eigenvalue weighted by molar-refractivity contribution is 5.85. The fourth-order valence-electron chi connectivity index (χ4n) is 2.68. The first kappa shape index (κ1) is 18.7. The number of benzene rings is 1. The Morgan fingerprint density at radius 3 is 2.77 bits per heavy atom. The Balaban J connectivity index is 0.00000242. The Morgan fingerprint density at radius 1 is 1.41 bits per heavy atom. The van der Waals surface area contributed by atoms with E-state index in [2.05, 4.69) is 0 Å². The monoisotopic (exact) mass is 330 g/mol. The van der Waals surface area contributed by atoms with Gasteiger partial charge in [0, 0.05) is 19.5 Å². The predicted molar refractivity (Wildman–Crippen MR) is 86.7 cm³/mol. The van der Waals surface area contributed by atoms with Gasteiger partial charge in [-0.25, -0.2) is 4.39 Å². The minimum absolute atomic E-state index is 0. The van der Waals surface area contributed by atoms with Crippen molar-refractivity contribution in [2.45, 2.75) is 31.7 Å². The maximum atomic E-state index is 13.4. The Labute approximate surface area is 137 Å². The Morgan fingerprint density at radius 2 is 2.14 bits per heavy atom. The zero-order chi connectivity index (χ0) is 15.2. The number of ether oxygens (including phenoxy) is 1. The molecule has 1 aromatic carbocycles. The molecule has 4 nitrogen and oxygen atoms in total. The lowest BCUT2D eigenvalue weighted by atomic mass is 9.99. The first-order chi connectivity index (χ1) is 10.1. The molecular weight excluding hydrogens is 307 g/mol. The second-order valence-corrected chi connectivity index (χ2v) is 5.65. The average molecular weight is 331 g/mol. The predicted octanol–water partition coefficient (Wildman–Crippen LogP) is 2.60. The van der Waals surface area contributed by atoms with Crippen molar-refractivity contribution in [1.82, 2.24) is 4.90 Å². The number of hydrogen-bond acceptors (Lipinski definition) is 3. The minimum atomic E-state index is -0.386. The molecule has 1 fully saturated rings. The van der Waals surface area contributed by atoms with Crippen LogP contribution in [0.25, 0.3) is 0 Å². The van der Waals surface area contributed by atoms with Gasteiger partial charge >= 0.3 is 0 Å². The van der Waals surface area contributed by atoms with Crippen molar-refractivity contribution >= 4 is 18.3 Å². The number of likely N-dealkylation sites (N-methyl/N-ethyl adjacent to an activating group) is 1. The highest BCUT2D eigenvalue weighted by atomic mass is 35.5. The van der Waals surface area contributed by atoms with E-state index in [1.807, 2.05) is 0 Å². The molecule has 2 rings (SSSR count). The second-order valence-electron chi connectivity index (χ2n) is 5.65. The number of nitrogens with zero attached hydrogens (tertiary/aromatic N) is 1. The standard InChI is InChI=1S/C16H23FN2O2.ClH/c1-19(16(20)11-12-5-4-7-14(12)18)9-10-21-15-8-3-2-6-13(15)17;/h2-3,6,8,12,14H,4-5,7,9-11,18H2,1H3;1H/t12-,14+;/m0./s1. The Bertz CT molecular complexity index is 487. The third-order valence-corrected chi connectivity index (χ3v) is 4.10. The third-order valence-electron chi connectivity index (χ3n) is 4.10. The molecule has 0 aromatic heterocycles. The third kappa shape index (κ3) is 5.14. The van der Waals surface area contributed by atoms with E-state index < -0.39 is 0 Å². The van der Waals surface area contributed by atoms with Crippen molar-refractivity contribution in [3.63, 3.8) is 0 Å². The van der Waals surface area contributed by atoms with Crippen LogP contribution in [-0.4, -0.2) is 37.0 Å². The van der Waals surface area contributed by atoms with Crippen LogP contribution in [0.4, 0.5) is 4.39 Å². The molecule has 0 aliphatic heterocycles. The highest BCUT2D eigenvalue weighted by Crippen LogP contribution is 2.27. The molecule has 1 saturated carbocycles. The molecule has 2 atom stereocenters. The largest absolute Gasteiger partial charge is 0.489 e. The molecular formula is C16H24ClFN2O2. The molecule has 1 aliphatic carbocycles. The fraction of sp³-hybridized carbons (Fsp3) is 0.562. The summed E-state index contributed by atoms with van der Waals surface area (Å²) in [7, 11) is 1.74. The van der Waals surface area contributed by atoms with Crippen molar-refractivity contribution in [2.24, 2.45) is 11.7 Å². The van der Waals surface area contributed by atoms with Crippen LogP contribution in [0.3, 0.4) is 0 Å². The molecule has 1 amide bonds. The van der Waals surface area contributed by atoms with Gasteiger partial charge < -0.3 is 15.4 Å². The maximum absolute atomic E-state index is 13.4. The van der Waals surface area contributed by atoms with Crippen molar-refractivity contribution in [2.75, 3.05) is 20.2 Å². The molecule has 0 saturated heterocycles. The SMILES string of the molecule is CN(CCOc1ccccc1F)C(=O)C[C@@H]1CCC[C@H]1N.Cl. The van der Waals surface area contributed by atoms with Gasteiger partial charge in [-0.2, -0.15) is 0 Å². The lowest BCUT2D eigenvalue weighted by Crippen LogP contribution is -2.35. The number of rotatable bonds is 6. The van der Waals surface area contributed by atoms with Crippen LogP contribution >= 0.6 is 12.4 Å². The first-order valence-electron chi connectivity index (χ1n) is 7.45. The van der Waals surface area contributed by atoms with Crippen LogP contribution < -0.4 is 10.5 Å². The summed E-state index contributed by atoms with van der Waals surface area (Å²) in [5.74, 6) is 0.210. The van der Waals surface area contributed by atoms with Crippen LogP contribution in [0.15, 0.2) is 24.3 Å². The summed E-state index contributed by atoms with van der Waals surface area (Å²) in [6.07, 6.45) is 3.65. The Hall–Kier alpha value is -1.33. The summed E-state index contributed by atoms with van der Waals surface area (Å²) in [4.78, 5) is 13.7. The number of amides is 1. The smallest absolute Gasteiger partial charge is 0.222 e. The van der Waals surface area contributed by atoms with Crippen LogP contribution in [0.2, 0.25) is 0 Å². The van der Waals surface area contributed by atoms with Gasteiger partial charge in [0.25, 0.3) is 0 Å². The zero-order valence-electron chi connectivity index (χ0n) is 12.8. The average Bonchev–Trinajstić information content (AvgIpc) is 2.86. The van der Waals surface area contributed by atoms with Crippen LogP contribution in [0.5, 0.6) is 5.75 Å². The van der Waals surface area contributed by atoms with E-state index in [0.717, 1.165) is 19.3 Å². The number of carbonyl (C=O) groups excluding carboxylic acids is 1. The number of carbonyl (C=O) groups is 1. The van der Waals surface area contributed by atoms with E-state index in [4.69, 9.17) is 10.5 Å². The van der Waals surface area contributed by atoms with Crippen LogP contribution in [-0.2, 0) is 4.79 Å². The van der Waals surface area contributed by atoms with E-state index in [0.29, 0.717) is 18.9 Å². The molecule has 6 heteroatoms. The number of halogens is 2. The van der Waals surface area contributed by atoms with E-state index in [1.54, 1.807) is 30.1 Å². The number of nitrogens with two attached hydrogens (primary N) is 1. The van der Waals surface area contributed by atoms with Gasteiger partial charge in [-0.1, -0.05) is 18.6 Å². The maximum Gasteiger partial charge on any atom is 0.222 e. The molecule has 0 spiro atoms. The normalized spacial score (nSPS) is 20.3. The molecule has 0 bridgehead atoms. The van der Waals surface area contributed by atoms with Gasteiger partial charge in [0.05, 0.1) is 6.54 Å². The quantitative estimate of drug-likeness (QED) is 0.872. The minimum Gasteiger partial charge on any atom is -0.489 e. The van der Waals surface area contributed by atoms with Crippen molar-refractivity contribution in [3.8, 4) is 5.75 Å². The van der Waals surface area contributed by atoms with Gasteiger partial charge in [-0.3, -0.25) is 4.79 Å². The van der Waals surface area contributed by atoms with Crippen molar-refractivity contribution in [1.29, 1.82) is 0 Å². The van der Waals surface area contributed by atoms with Gasteiger partial charge in [0.2, 0.25) is 5.91 Å². The summed E-state index contributed by atoms with van der Waals surface area (Å²) in [5, 5.41) is 0. The van der Waals surface area contributed by atoms with Gasteiger partial charge in [-0.05, 0) is 30.9 Å². The molecule has 1 aliphatic rings. The summed E-state index contributed by atoms with van der Waals surface area (Å²) in [6.45, 7) is 0.717. The van der Waals surface area contributed by atoms with E-state index in [9.17, 15) is 9.18 Å². The topological polar surface area (TPSA) is 55.6 Å². The van der Waals surface area contributed by atoms with Gasteiger partial charge in [0.1, 0.15) is 6.61 Å². The van der Waals surface area contributed by atoms with Crippen LogP contribution in [0.1, 0.15) is 25.7 Å². The van der Waals surface area contributed by atoms with Gasteiger partial charge in [0.15, 0.2) is 11.6 Å². The lowest BCUT2D eigenvalue weighted by molar-refractivity contribution is -0.131. The lowest BCUT2D eigenvalue weighted by Gasteiger charge is -2.21. The molecule has 22 heavy (non-hydrogen) atoms. The first-order valence-corrected chi connectivity index (χ1v) is 7.45. The number of para-hydroxylation sites is 1. The van der Waals surface area contributed by atoms with E-state index in [-0.39, 0.29) is 42.5 Å². The highest BCUT2D eigenvalue weighted by Gasteiger charge is 2.27. The summed E-state index contributed by atoms with van der Waals surface area (Å²) >= 11 is 0. The van der Waals surface area contributed by atoms with Gasteiger partial charge in [-0.15, -0.1) is 12.4 Å². The molecule has 1 aromatic rings. The van der Waals surface area contributed by atoms with Crippen LogP contribution in [0, 0.1) is 11.7 Å². The molecule has 2 N–H and O–H groups in total.